The Morgan fingerprint density at radius 1 is 1.67 bits per heavy atom. The highest BCUT2D eigenvalue weighted by Gasteiger charge is 2.32. The van der Waals surface area contributed by atoms with E-state index in [-0.39, 0.29) is 11.2 Å². The number of nitrogens with zero attached hydrogens (tertiary/aromatic N) is 2. The van der Waals surface area contributed by atoms with Crippen LogP contribution in [0.25, 0.3) is 0 Å². The number of pyridine rings is 1. The van der Waals surface area contributed by atoms with E-state index in [2.05, 4.69) is 26.2 Å². The molecule has 1 saturated carbocycles. The monoisotopic (exact) mass is 314 g/mol. The molecule has 18 heavy (non-hydrogen) atoms. The molecule has 0 atom stereocenters. The van der Waals surface area contributed by atoms with Gasteiger partial charge in [-0.15, -0.1) is 0 Å². The quantitative estimate of drug-likeness (QED) is 0.657. The predicted molar refractivity (Wildman–Crippen MR) is 72.6 cm³/mol. The second kappa shape index (κ2) is 4.81. The highest BCUT2D eigenvalue weighted by atomic mass is 79.9. The van der Waals surface area contributed by atoms with Gasteiger partial charge in [-0.05, 0) is 42.1 Å². The second-order valence-electron chi connectivity index (χ2n) is 4.76. The Kier molecular flexibility index (Phi) is 3.54. The number of anilines is 1. The molecule has 2 rings (SSSR count). The molecular weight excluding hydrogens is 300 g/mol. The molecular formula is C11H15BrN4O2. The largest absolute Gasteiger partial charge is 0.367 e. The van der Waals surface area contributed by atoms with Gasteiger partial charge in [-0.2, -0.15) is 0 Å². The number of halogens is 1. The summed E-state index contributed by atoms with van der Waals surface area (Å²) in [4.78, 5) is 14.4. The molecule has 3 N–H and O–H groups in total. The first kappa shape index (κ1) is 13.2. The van der Waals surface area contributed by atoms with Crippen molar-refractivity contribution < 1.29 is 4.92 Å². The average Bonchev–Trinajstić information content (AvgIpc) is 2.28. The highest BCUT2D eigenvalue weighted by Crippen LogP contribution is 2.33. The Morgan fingerprint density at radius 3 is 2.83 bits per heavy atom. The maximum atomic E-state index is 10.8. The fraction of sp³-hybridized carbons (Fsp3) is 0.545. The van der Waals surface area contributed by atoms with E-state index in [1.54, 1.807) is 6.92 Å². The third kappa shape index (κ3) is 2.46. The molecule has 0 radical (unpaired) electrons. The molecule has 0 spiro atoms. The van der Waals surface area contributed by atoms with Gasteiger partial charge in [-0.3, -0.25) is 10.1 Å². The highest BCUT2D eigenvalue weighted by molar-refractivity contribution is 9.10. The van der Waals surface area contributed by atoms with Crippen LogP contribution in [0.4, 0.5) is 11.5 Å². The van der Waals surface area contributed by atoms with Gasteiger partial charge < -0.3 is 11.1 Å². The standard InChI is InChI=1S/C11H15BrN4O2/c1-7-8(16(17)18)5-14-10(9(7)12)15-6-11(13)3-2-4-11/h5H,2-4,6,13H2,1H3,(H,14,15). The van der Waals surface area contributed by atoms with E-state index >= 15 is 0 Å². The summed E-state index contributed by atoms with van der Waals surface area (Å²) >= 11 is 3.34. The normalized spacial score (nSPS) is 17.1. The molecule has 0 unspecified atom stereocenters. The van der Waals surface area contributed by atoms with Crippen LogP contribution < -0.4 is 11.1 Å². The zero-order chi connectivity index (χ0) is 13.3. The van der Waals surface area contributed by atoms with E-state index in [1.807, 2.05) is 0 Å². The second-order valence-corrected chi connectivity index (χ2v) is 5.55. The van der Waals surface area contributed by atoms with E-state index in [0.29, 0.717) is 22.4 Å². The zero-order valence-corrected chi connectivity index (χ0v) is 11.7. The maximum Gasteiger partial charge on any atom is 0.291 e. The Morgan fingerprint density at radius 2 is 2.33 bits per heavy atom. The van der Waals surface area contributed by atoms with Gasteiger partial charge in [0.25, 0.3) is 5.69 Å². The van der Waals surface area contributed by atoms with E-state index in [1.165, 1.54) is 6.20 Å². The van der Waals surface area contributed by atoms with Crippen molar-refractivity contribution in [1.82, 2.24) is 4.98 Å². The van der Waals surface area contributed by atoms with E-state index < -0.39 is 4.92 Å². The van der Waals surface area contributed by atoms with Crippen molar-refractivity contribution in [2.75, 3.05) is 11.9 Å². The molecule has 0 bridgehead atoms. The van der Waals surface area contributed by atoms with Crippen LogP contribution in [0.1, 0.15) is 24.8 Å². The van der Waals surface area contributed by atoms with E-state index in [9.17, 15) is 10.1 Å². The van der Waals surface area contributed by atoms with Crippen LogP contribution in [0.2, 0.25) is 0 Å². The minimum atomic E-state index is -0.437. The summed E-state index contributed by atoms with van der Waals surface area (Å²) in [5.74, 6) is 0.606. The smallest absolute Gasteiger partial charge is 0.291 e. The van der Waals surface area contributed by atoms with Gasteiger partial charge in [-0.1, -0.05) is 0 Å². The maximum absolute atomic E-state index is 10.8. The Balaban J connectivity index is 2.14. The van der Waals surface area contributed by atoms with Gasteiger partial charge >= 0.3 is 0 Å². The molecule has 0 aromatic carbocycles. The lowest BCUT2D eigenvalue weighted by Gasteiger charge is -2.38. The lowest BCUT2D eigenvalue weighted by molar-refractivity contribution is -0.385. The minimum absolute atomic E-state index is 0.0125. The summed E-state index contributed by atoms with van der Waals surface area (Å²) in [6, 6.07) is 0. The molecule has 1 aliphatic carbocycles. The van der Waals surface area contributed by atoms with Crippen molar-refractivity contribution in [3.8, 4) is 0 Å². The summed E-state index contributed by atoms with van der Waals surface area (Å²) < 4.78 is 0.625. The zero-order valence-electron chi connectivity index (χ0n) is 10.1. The number of hydrogen-bond acceptors (Lipinski definition) is 5. The van der Waals surface area contributed by atoms with Gasteiger partial charge in [0.1, 0.15) is 12.0 Å². The van der Waals surface area contributed by atoms with Crippen LogP contribution in [0, 0.1) is 17.0 Å². The molecule has 0 amide bonds. The lowest BCUT2D eigenvalue weighted by Crippen LogP contribution is -2.52. The average molecular weight is 315 g/mol. The lowest BCUT2D eigenvalue weighted by atomic mass is 9.78. The molecule has 6 nitrogen and oxygen atoms in total. The van der Waals surface area contributed by atoms with Crippen LogP contribution in [-0.4, -0.2) is 22.0 Å². The summed E-state index contributed by atoms with van der Waals surface area (Å²) in [6.45, 7) is 2.33. The molecule has 1 fully saturated rings. The first-order valence-electron chi connectivity index (χ1n) is 5.75. The number of aromatic nitrogens is 1. The van der Waals surface area contributed by atoms with Crippen molar-refractivity contribution in [2.45, 2.75) is 31.7 Å². The first-order valence-corrected chi connectivity index (χ1v) is 6.54. The fourth-order valence-electron chi connectivity index (χ4n) is 1.94. The van der Waals surface area contributed by atoms with E-state index in [0.717, 1.165) is 19.3 Å². The summed E-state index contributed by atoms with van der Waals surface area (Å²) in [6.07, 6.45) is 4.44. The number of nitrogens with two attached hydrogens (primary N) is 1. The summed E-state index contributed by atoms with van der Waals surface area (Å²) in [5.41, 5.74) is 6.53. The van der Waals surface area contributed by atoms with Crippen molar-refractivity contribution in [3.05, 3.63) is 26.3 Å². The molecule has 1 aromatic rings. The molecule has 0 aliphatic heterocycles. The van der Waals surface area contributed by atoms with Gasteiger partial charge in [-0.25, -0.2) is 4.98 Å². The predicted octanol–water partition coefficient (Wildman–Crippen LogP) is 2.35. The van der Waals surface area contributed by atoms with Crippen molar-refractivity contribution >= 4 is 27.4 Å². The number of nitrogens with one attached hydrogen (secondary N) is 1. The third-order valence-corrected chi connectivity index (χ3v) is 4.36. The third-order valence-electron chi connectivity index (χ3n) is 3.39. The Hall–Kier alpha value is -1.21. The van der Waals surface area contributed by atoms with E-state index in [4.69, 9.17) is 5.73 Å². The van der Waals surface area contributed by atoms with Crippen LogP contribution >= 0.6 is 15.9 Å². The minimum Gasteiger partial charge on any atom is -0.367 e. The molecule has 1 aromatic heterocycles. The summed E-state index contributed by atoms with van der Waals surface area (Å²) in [5, 5.41) is 13.9. The molecule has 1 heterocycles. The molecule has 1 aliphatic rings. The van der Waals surface area contributed by atoms with Gasteiger partial charge in [0.05, 0.1) is 9.40 Å². The van der Waals surface area contributed by atoms with Crippen LogP contribution in [0.5, 0.6) is 0 Å². The molecule has 7 heteroatoms. The fourth-order valence-corrected chi connectivity index (χ4v) is 2.39. The Labute approximate surface area is 113 Å². The van der Waals surface area contributed by atoms with Crippen molar-refractivity contribution in [2.24, 2.45) is 5.73 Å². The Bertz CT molecular complexity index is 488. The van der Waals surface area contributed by atoms with Crippen LogP contribution in [0.15, 0.2) is 10.7 Å². The number of nitro groups is 1. The topological polar surface area (TPSA) is 94.1 Å². The van der Waals surface area contributed by atoms with Crippen molar-refractivity contribution in [1.29, 1.82) is 0 Å². The molecule has 98 valence electrons. The van der Waals surface area contributed by atoms with Gasteiger partial charge in [0, 0.05) is 17.6 Å². The van der Waals surface area contributed by atoms with Gasteiger partial charge in [0.2, 0.25) is 0 Å². The first-order chi connectivity index (χ1) is 8.43. The van der Waals surface area contributed by atoms with Crippen molar-refractivity contribution in [3.63, 3.8) is 0 Å². The SMILES string of the molecule is Cc1c([N+](=O)[O-])cnc(NCC2(N)CCC2)c1Br. The van der Waals surface area contributed by atoms with Gasteiger partial charge in [0.15, 0.2) is 0 Å². The van der Waals surface area contributed by atoms with Crippen LogP contribution in [-0.2, 0) is 0 Å². The number of rotatable bonds is 4. The molecule has 0 saturated heterocycles. The van der Waals surface area contributed by atoms with Crippen LogP contribution in [0.3, 0.4) is 0 Å². The number of hydrogen-bond donors (Lipinski definition) is 2. The summed E-state index contributed by atoms with van der Waals surface area (Å²) in [7, 11) is 0.